The van der Waals surface area contributed by atoms with Crippen LogP contribution in [0.25, 0.3) is 0 Å². The molecule has 0 spiro atoms. The van der Waals surface area contributed by atoms with Crippen LogP contribution in [-0.2, 0) is 13.0 Å². The number of allylic oxidation sites excluding steroid dienone is 1. The third kappa shape index (κ3) is 2.73. The van der Waals surface area contributed by atoms with Crippen molar-refractivity contribution >= 4 is 23.2 Å². The summed E-state index contributed by atoms with van der Waals surface area (Å²) in [5, 5.41) is 8.41. The maximum absolute atomic E-state index is 13.4. The van der Waals surface area contributed by atoms with Gasteiger partial charge in [0.25, 0.3) is 0 Å². The Balaban J connectivity index is 3.42. The smallest absolute Gasteiger partial charge is 0.167 e. The van der Waals surface area contributed by atoms with Gasteiger partial charge in [-0.25, -0.2) is 17.6 Å². The molecule has 0 saturated carbocycles. The zero-order valence-electron chi connectivity index (χ0n) is 8.21. The van der Waals surface area contributed by atoms with E-state index in [-0.39, 0.29) is 5.03 Å². The standard InChI is InChI=1S/C10H6Cl2F4O/c11-2-4(12)1-5-7(13)9(15)6(3-17)10(16)8(5)14/h2,17H,1,3H2/b4-2+. The van der Waals surface area contributed by atoms with Crippen LogP contribution >= 0.6 is 23.2 Å². The molecule has 0 aliphatic rings. The summed E-state index contributed by atoms with van der Waals surface area (Å²) in [6.45, 7) is -1.15. The number of rotatable bonds is 3. The minimum absolute atomic E-state index is 0.181. The summed E-state index contributed by atoms with van der Waals surface area (Å²) in [5.41, 5.74) is -1.11. The van der Waals surface area contributed by atoms with Gasteiger partial charge in [0.2, 0.25) is 0 Å². The topological polar surface area (TPSA) is 20.2 Å². The highest BCUT2D eigenvalue weighted by Gasteiger charge is 2.24. The number of aliphatic hydroxyl groups is 1. The maximum Gasteiger partial charge on any atom is 0.167 e. The van der Waals surface area contributed by atoms with E-state index < -0.39 is 47.4 Å². The van der Waals surface area contributed by atoms with E-state index in [2.05, 4.69) is 0 Å². The summed E-state index contributed by atoms with van der Waals surface area (Å²) < 4.78 is 53.2. The summed E-state index contributed by atoms with van der Waals surface area (Å²) in [6.07, 6.45) is -0.581. The van der Waals surface area contributed by atoms with Gasteiger partial charge in [-0.15, -0.1) is 0 Å². The van der Waals surface area contributed by atoms with Gasteiger partial charge in [0.15, 0.2) is 23.3 Å². The van der Waals surface area contributed by atoms with Crippen molar-refractivity contribution in [2.24, 2.45) is 0 Å². The second kappa shape index (κ2) is 5.71. The van der Waals surface area contributed by atoms with E-state index in [4.69, 9.17) is 28.3 Å². The Labute approximate surface area is 104 Å². The summed E-state index contributed by atoms with van der Waals surface area (Å²) >= 11 is 10.6. The van der Waals surface area contributed by atoms with E-state index in [1.807, 2.05) is 0 Å². The Bertz CT molecular complexity index is 445. The molecule has 0 fully saturated rings. The monoisotopic (exact) mass is 288 g/mol. The quantitative estimate of drug-likeness (QED) is 0.666. The van der Waals surface area contributed by atoms with Crippen molar-refractivity contribution in [2.75, 3.05) is 0 Å². The van der Waals surface area contributed by atoms with E-state index in [1.165, 1.54) is 0 Å². The molecule has 1 aromatic rings. The number of benzene rings is 1. The lowest BCUT2D eigenvalue weighted by Gasteiger charge is -2.09. The van der Waals surface area contributed by atoms with Crippen molar-refractivity contribution < 1.29 is 22.7 Å². The average molecular weight is 289 g/mol. The molecule has 1 aromatic carbocycles. The molecule has 7 heteroatoms. The van der Waals surface area contributed by atoms with E-state index in [0.29, 0.717) is 0 Å². The second-order valence-electron chi connectivity index (χ2n) is 3.10. The van der Waals surface area contributed by atoms with Crippen LogP contribution in [0, 0.1) is 23.3 Å². The number of halogens is 6. The Morgan fingerprint density at radius 2 is 1.41 bits per heavy atom. The van der Waals surface area contributed by atoms with Crippen LogP contribution in [0.1, 0.15) is 11.1 Å². The molecule has 1 nitrogen and oxygen atoms in total. The molecular weight excluding hydrogens is 283 g/mol. The second-order valence-corrected chi connectivity index (χ2v) is 3.81. The molecule has 0 saturated heterocycles. The van der Waals surface area contributed by atoms with Crippen LogP contribution in [0.2, 0.25) is 0 Å². The van der Waals surface area contributed by atoms with E-state index >= 15 is 0 Å². The molecule has 0 aliphatic heterocycles. The third-order valence-electron chi connectivity index (χ3n) is 2.07. The predicted octanol–water partition coefficient (Wildman–Crippen LogP) is 3.60. The van der Waals surface area contributed by atoms with E-state index in [9.17, 15) is 17.6 Å². The Morgan fingerprint density at radius 3 is 1.76 bits per heavy atom. The first-order valence-electron chi connectivity index (χ1n) is 4.33. The third-order valence-corrected chi connectivity index (χ3v) is 2.69. The Morgan fingerprint density at radius 1 is 1.00 bits per heavy atom. The van der Waals surface area contributed by atoms with Crippen molar-refractivity contribution in [1.29, 1.82) is 0 Å². The first-order valence-corrected chi connectivity index (χ1v) is 5.14. The summed E-state index contributed by atoms with van der Waals surface area (Å²) in [5.74, 6) is -6.46. The van der Waals surface area contributed by atoms with Gasteiger partial charge in [-0.1, -0.05) is 23.2 Å². The van der Waals surface area contributed by atoms with Crippen LogP contribution in [0.15, 0.2) is 10.6 Å². The highest BCUT2D eigenvalue weighted by Crippen LogP contribution is 2.27. The van der Waals surface area contributed by atoms with Gasteiger partial charge in [-0.2, -0.15) is 0 Å². The molecule has 0 radical (unpaired) electrons. The molecule has 94 valence electrons. The van der Waals surface area contributed by atoms with Crippen molar-refractivity contribution in [3.63, 3.8) is 0 Å². The Hall–Kier alpha value is -0.780. The number of hydrogen-bond acceptors (Lipinski definition) is 1. The molecule has 1 N–H and O–H groups in total. The zero-order valence-corrected chi connectivity index (χ0v) is 9.72. The van der Waals surface area contributed by atoms with E-state index in [1.54, 1.807) is 0 Å². The van der Waals surface area contributed by atoms with Crippen molar-refractivity contribution in [1.82, 2.24) is 0 Å². The van der Waals surface area contributed by atoms with Crippen LogP contribution in [0.4, 0.5) is 17.6 Å². The molecule has 1 rings (SSSR count). The fraction of sp³-hybridized carbons (Fsp3) is 0.200. The van der Waals surface area contributed by atoms with Gasteiger partial charge in [0.1, 0.15) is 0 Å². The van der Waals surface area contributed by atoms with Crippen molar-refractivity contribution in [2.45, 2.75) is 13.0 Å². The van der Waals surface area contributed by atoms with Gasteiger partial charge < -0.3 is 5.11 Å². The minimum atomic E-state index is -1.64. The fourth-order valence-electron chi connectivity index (χ4n) is 1.22. The lowest BCUT2D eigenvalue weighted by Crippen LogP contribution is -2.08. The average Bonchev–Trinajstić information content (AvgIpc) is 2.32. The molecular formula is C10H6Cl2F4O. The minimum Gasteiger partial charge on any atom is -0.391 e. The predicted molar refractivity (Wildman–Crippen MR) is 55.7 cm³/mol. The molecule has 0 aromatic heterocycles. The number of aliphatic hydroxyl groups excluding tert-OH is 1. The Kier molecular flexibility index (Phi) is 4.80. The first-order chi connectivity index (χ1) is 7.93. The molecule has 0 amide bonds. The normalized spacial score (nSPS) is 12.1. The summed E-state index contributed by atoms with van der Waals surface area (Å²) in [7, 11) is 0. The lowest BCUT2D eigenvalue weighted by atomic mass is 10.1. The van der Waals surface area contributed by atoms with Gasteiger partial charge in [0, 0.05) is 22.6 Å². The van der Waals surface area contributed by atoms with Gasteiger partial charge in [-0.05, 0) is 0 Å². The lowest BCUT2D eigenvalue weighted by molar-refractivity contribution is 0.262. The first kappa shape index (κ1) is 14.3. The van der Waals surface area contributed by atoms with Crippen molar-refractivity contribution in [3.05, 3.63) is 45.0 Å². The van der Waals surface area contributed by atoms with Crippen LogP contribution < -0.4 is 0 Å². The van der Waals surface area contributed by atoms with Crippen molar-refractivity contribution in [3.8, 4) is 0 Å². The SMILES string of the molecule is OCc1c(F)c(F)c(C/C(Cl)=C\Cl)c(F)c1F. The van der Waals surface area contributed by atoms with Gasteiger partial charge in [0.05, 0.1) is 12.2 Å². The fourth-order valence-corrected chi connectivity index (χ4v) is 1.43. The summed E-state index contributed by atoms with van der Waals surface area (Å²) in [6, 6.07) is 0. The highest BCUT2D eigenvalue weighted by atomic mass is 35.5. The molecule has 0 unspecified atom stereocenters. The van der Waals surface area contributed by atoms with Crippen LogP contribution in [0.5, 0.6) is 0 Å². The highest BCUT2D eigenvalue weighted by molar-refractivity contribution is 6.36. The molecule has 0 atom stereocenters. The largest absolute Gasteiger partial charge is 0.391 e. The molecule has 0 bridgehead atoms. The zero-order chi connectivity index (χ0) is 13.2. The maximum atomic E-state index is 13.4. The molecule has 0 aliphatic carbocycles. The van der Waals surface area contributed by atoms with Gasteiger partial charge >= 0.3 is 0 Å². The number of hydrogen-bond donors (Lipinski definition) is 1. The van der Waals surface area contributed by atoms with E-state index in [0.717, 1.165) is 5.54 Å². The van der Waals surface area contributed by atoms with Crippen LogP contribution in [-0.4, -0.2) is 5.11 Å². The van der Waals surface area contributed by atoms with Gasteiger partial charge in [-0.3, -0.25) is 0 Å². The molecule has 0 heterocycles. The summed E-state index contributed by atoms with van der Waals surface area (Å²) in [4.78, 5) is 0. The molecule has 17 heavy (non-hydrogen) atoms. The van der Waals surface area contributed by atoms with Crippen LogP contribution in [0.3, 0.4) is 0 Å².